The molecule has 4 rings (SSSR count). The SMILES string of the molecule is O=CN1CCN(c2c(NC[C@H]3C[C@H]4C=C[C@H]3C4)c(=O)c2=O)CC1. The predicted molar refractivity (Wildman–Crippen MR) is 88.5 cm³/mol. The Morgan fingerprint density at radius 2 is 1.87 bits per heavy atom. The molecule has 1 amide bonds. The third kappa shape index (κ3) is 2.36. The molecule has 0 aromatic heterocycles. The summed E-state index contributed by atoms with van der Waals surface area (Å²) in [6, 6.07) is 0. The molecule has 0 unspecified atom stereocenters. The lowest BCUT2D eigenvalue weighted by molar-refractivity contribution is -0.118. The molecule has 0 spiro atoms. The van der Waals surface area contributed by atoms with E-state index < -0.39 is 5.43 Å². The Hall–Kier alpha value is -2.11. The fraction of sp³-hybridized carbons (Fsp3) is 0.588. The lowest BCUT2D eigenvalue weighted by atomic mass is 9.93. The normalized spacial score (nSPS) is 29.5. The summed E-state index contributed by atoms with van der Waals surface area (Å²) >= 11 is 0. The van der Waals surface area contributed by atoms with E-state index in [4.69, 9.17) is 0 Å². The maximum absolute atomic E-state index is 12.0. The summed E-state index contributed by atoms with van der Waals surface area (Å²) in [7, 11) is 0. The number of nitrogens with zero attached hydrogens (tertiary/aromatic N) is 2. The molecule has 6 nitrogen and oxygen atoms in total. The monoisotopic (exact) mass is 315 g/mol. The van der Waals surface area contributed by atoms with E-state index in [1.807, 2.05) is 4.90 Å². The topological polar surface area (TPSA) is 69.7 Å². The molecule has 2 bridgehead atoms. The second-order valence-electron chi connectivity index (χ2n) is 6.93. The summed E-state index contributed by atoms with van der Waals surface area (Å²) in [5.41, 5.74) is 0.233. The zero-order valence-corrected chi connectivity index (χ0v) is 13.0. The van der Waals surface area contributed by atoms with E-state index in [1.54, 1.807) is 4.90 Å². The van der Waals surface area contributed by atoms with Gasteiger partial charge in [0.1, 0.15) is 11.4 Å². The minimum absolute atomic E-state index is 0.389. The molecular weight excluding hydrogens is 294 g/mol. The Balaban J connectivity index is 1.42. The van der Waals surface area contributed by atoms with Gasteiger partial charge in [0, 0.05) is 32.7 Å². The number of fused-ring (bicyclic) bond motifs is 2. The minimum Gasteiger partial charge on any atom is -0.380 e. The fourth-order valence-corrected chi connectivity index (χ4v) is 4.26. The Bertz CT molecular complexity index is 711. The number of carbonyl (C=O) groups is 1. The molecule has 23 heavy (non-hydrogen) atoms. The van der Waals surface area contributed by atoms with Crippen LogP contribution in [0, 0.1) is 17.8 Å². The van der Waals surface area contributed by atoms with Gasteiger partial charge >= 0.3 is 0 Å². The standard InChI is InChI=1S/C17H21N3O3/c21-10-19-3-5-20(6-4-19)15-14(16(22)17(15)23)18-9-13-8-11-1-2-12(13)7-11/h1-2,10-13,18H,3-9H2/t11-,12-,13+/m0/s1. The van der Waals surface area contributed by atoms with Crippen LogP contribution in [0.4, 0.5) is 11.4 Å². The molecule has 2 fully saturated rings. The van der Waals surface area contributed by atoms with Crippen LogP contribution < -0.4 is 21.1 Å². The van der Waals surface area contributed by atoms with Gasteiger partial charge in [-0.05, 0) is 30.6 Å². The molecular formula is C17H21N3O3. The van der Waals surface area contributed by atoms with E-state index in [0.29, 0.717) is 55.3 Å². The molecule has 1 saturated carbocycles. The van der Waals surface area contributed by atoms with Crippen molar-refractivity contribution in [3.63, 3.8) is 0 Å². The van der Waals surface area contributed by atoms with Gasteiger partial charge in [-0.15, -0.1) is 0 Å². The summed E-state index contributed by atoms with van der Waals surface area (Å²) in [5.74, 6) is 1.89. The van der Waals surface area contributed by atoms with E-state index in [0.717, 1.165) is 13.0 Å². The first-order valence-corrected chi connectivity index (χ1v) is 8.37. The maximum Gasteiger partial charge on any atom is 0.253 e. The molecule has 3 aliphatic rings. The van der Waals surface area contributed by atoms with Crippen LogP contribution in [-0.4, -0.2) is 44.0 Å². The Kier molecular flexibility index (Phi) is 3.47. The van der Waals surface area contributed by atoms with Crippen LogP contribution in [-0.2, 0) is 4.79 Å². The third-order valence-electron chi connectivity index (χ3n) is 5.62. The lowest BCUT2D eigenvalue weighted by Crippen LogP contribution is -2.51. The van der Waals surface area contributed by atoms with Crippen molar-refractivity contribution in [2.24, 2.45) is 17.8 Å². The number of anilines is 2. The summed E-state index contributed by atoms with van der Waals surface area (Å²) in [6.07, 6.45) is 7.84. The van der Waals surface area contributed by atoms with E-state index in [-0.39, 0.29) is 5.43 Å². The summed E-state index contributed by atoms with van der Waals surface area (Å²) < 4.78 is 0. The van der Waals surface area contributed by atoms with E-state index in [1.165, 1.54) is 12.8 Å². The van der Waals surface area contributed by atoms with E-state index >= 15 is 0 Å². The molecule has 1 N–H and O–H groups in total. The highest BCUT2D eigenvalue weighted by atomic mass is 16.2. The van der Waals surface area contributed by atoms with Crippen LogP contribution in [0.2, 0.25) is 0 Å². The van der Waals surface area contributed by atoms with Crippen LogP contribution >= 0.6 is 0 Å². The quantitative estimate of drug-likeness (QED) is 0.477. The zero-order chi connectivity index (χ0) is 16.0. The number of rotatable bonds is 5. The number of carbonyl (C=O) groups excluding carboxylic acids is 1. The van der Waals surface area contributed by atoms with Crippen molar-refractivity contribution >= 4 is 17.8 Å². The number of nitrogens with one attached hydrogen (secondary N) is 1. The Morgan fingerprint density at radius 3 is 2.48 bits per heavy atom. The van der Waals surface area contributed by atoms with Crippen molar-refractivity contribution < 1.29 is 4.79 Å². The van der Waals surface area contributed by atoms with Crippen molar-refractivity contribution in [2.45, 2.75) is 12.8 Å². The zero-order valence-electron chi connectivity index (χ0n) is 13.0. The summed E-state index contributed by atoms with van der Waals surface area (Å²) in [4.78, 5) is 38.3. The highest BCUT2D eigenvalue weighted by Crippen LogP contribution is 2.43. The van der Waals surface area contributed by atoms with Gasteiger partial charge in [0.05, 0.1) is 0 Å². The van der Waals surface area contributed by atoms with Crippen molar-refractivity contribution in [3.05, 3.63) is 32.6 Å². The van der Waals surface area contributed by atoms with Gasteiger partial charge in [-0.3, -0.25) is 14.4 Å². The first-order valence-electron chi connectivity index (χ1n) is 8.37. The number of hydrogen-bond donors (Lipinski definition) is 1. The van der Waals surface area contributed by atoms with Crippen molar-refractivity contribution in [1.29, 1.82) is 0 Å². The number of hydrogen-bond acceptors (Lipinski definition) is 5. The molecule has 3 atom stereocenters. The Labute approximate surface area is 134 Å². The molecule has 1 aromatic rings. The maximum atomic E-state index is 12.0. The predicted octanol–water partition coefficient (Wildman–Crippen LogP) is 0.185. The van der Waals surface area contributed by atoms with E-state index in [2.05, 4.69) is 17.5 Å². The van der Waals surface area contributed by atoms with Crippen LogP contribution in [0.25, 0.3) is 0 Å². The smallest absolute Gasteiger partial charge is 0.253 e. The fourth-order valence-electron chi connectivity index (χ4n) is 4.26. The van der Waals surface area contributed by atoms with E-state index in [9.17, 15) is 14.4 Å². The van der Waals surface area contributed by atoms with Crippen molar-refractivity contribution in [2.75, 3.05) is 42.9 Å². The largest absolute Gasteiger partial charge is 0.380 e. The van der Waals surface area contributed by atoms with Crippen LogP contribution in [0.3, 0.4) is 0 Å². The van der Waals surface area contributed by atoms with Crippen LogP contribution in [0.5, 0.6) is 0 Å². The molecule has 1 aliphatic heterocycles. The molecule has 2 aliphatic carbocycles. The number of amides is 1. The van der Waals surface area contributed by atoms with Gasteiger partial charge in [-0.2, -0.15) is 0 Å². The average Bonchev–Trinajstić information content (AvgIpc) is 3.21. The molecule has 1 saturated heterocycles. The van der Waals surface area contributed by atoms with Gasteiger partial charge in [0.2, 0.25) is 6.41 Å². The Morgan fingerprint density at radius 1 is 1.09 bits per heavy atom. The molecule has 1 aromatic carbocycles. The molecule has 6 heteroatoms. The van der Waals surface area contributed by atoms with Gasteiger partial charge < -0.3 is 15.1 Å². The highest BCUT2D eigenvalue weighted by Gasteiger charge is 2.36. The highest BCUT2D eigenvalue weighted by molar-refractivity contribution is 5.75. The first-order chi connectivity index (χ1) is 11.2. The van der Waals surface area contributed by atoms with Gasteiger partial charge in [0.15, 0.2) is 0 Å². The molecule has 1 heterocycles. The third-order valence-corrected chi connectivity index (χ3v) is 5.62. The summed E-state index contributed by atoms with van der Waals surface area (Å²) in [6.45, 7) is 3.17. The first kappa shape index (κ1) is 14.5. The lowest BCUT2D eigenvalue weighted by Gasteiger charge is -2.35. The van der Waals surface area contributed by atoms with Gasteiger partial charge in [0.25, 0.3) is 10.9 Å². The average molecular weight is 315 g/mol. The van der Waals surface area contributed by atoms with Crippen molar-refractivity contribution in [3.8, 4) is 0 Å². The second-order valence-corrected chi connectivity index (χ2v) is 6.93. The minimum atomic E-state index is -0.392. The van der Waals surface area contributed by atoms with Crippen molar-refractivity contribution in [1.82, 2.24) is 4.90 Å². The number of allylic oxidation sites excluding steroid dienone is 2. The molecule has 122 valence electrons. The number of piperazine rings is 1. The van der Waals surface area contributed by atoms with Gasteiger partial charge in [-0.1, -0.05) is 12.2 Å². The molecule has 0 radical (unpaired) electrons. The summed E-state index contributed by atoms with van der Waals surface area (Å²) in [5, 5.41) is 3.25. The van der Waals surface area contributed by atoms with Crippen LogP contribution in [0.15, 0.2) is 21.7 Å². The second kappa shape index (κ2) is 5.51. The van der Waals surface area contributed by atoms with Gasteiger partial charge in [-0.25, -0.2) is 0 Å². The van der Waals surface area contributed by atoms with Crippen LogP contribution in [0.1, 0.15) is 12.8 Å².